The molecule has 192 valence electrons. The summed E-state index contributed by atoms with van der Waals surface area (Å²) < 4.78 is 0. The van der Waals surface area contributed by atoms with Gasteiger partial charge in [0.15, 0.2) is 5.78 Å². The smallest absolute Gasteiger partial charge is 0.192 e. The first-order valence-corrected chi connectivity index (χ1v) is 13.5. The maximum Gasteiger partial charge on any atom is 0.192 e. The molecule has 0 bridgehead atoms. The largest absolute Gasteiger partial charge is 0.383 e. The number of aryl methyl sites for hydroxylation is 1. The lowest BCUT2D eigenvalue weighted by atomic mass is 10.0. The van der Waals surface area contributed by atoms with Crippen LogP contribution in [0.1, 0.15) is 33.2 Å². The Hall–Kier alpha value is -4.99. The number of para-hydroxylation sites is 1. The van der Waals surface area contributed by atoms with E-state index in [1.54, 1.807) is 0 Å². The lowest BCUT2D eigenvalue weighted by molar-refractivity contribution is 0.102. The predicted molar refractivity (Wildman–Crippen MR) is 165 cm³/mol. The molecule has 3 nitrogen and oxygen atoms in total. The molecule has 0 spiro atoms. The molecule has 6 aromatic carbocycles. The van der Waals surface area contributed by atoms with Gasteiger partial charge in [0.2, 0.25) is 0 Å². The number of hydrogen-bond donors (Lipinski definition) is 1. The first-order valence-electron chi connectivity index (χ1n) is 13.5. The molecule has 0 aromatic heterocycles. The first-order chi connectivity index (χ1) is 19.5. The molecule has 0 fully saturated rings. The van der Waals surface area contributed by atoms with Crippen LogP contribution in [0.2, 0.25) is 0 Å². The van der Waals surface area contributed by atoms with Crippen LogP contribution in [-0.4, -0.2) is 10.9 Å². The van der Waals surface area contributed by atoms with E-state index < -0.39 is 6.10 Å². The zero-order valence-electron chi connectivity index (χ0n) is 22.1. The molecular weight excluding hydrogens is 490 g/mol. The minimum absolute atomic E-state index is 0.111. The average Bonchev–Trinajstić information content (AvgIpc) is 3.21. The third-order valence-corrected chi connectivity index (χ3v) is 7.75. The van der Waals surface area contributed by atoms with Crippen molar-refractivity contribution in [2.45, 2.75) is 13.0 Å². The third-order valence-electron chi connectivity index (χ3n) is 7.75. The van der Waals surface area contributed by atoms with E-state index in [1.165, 1.54) is 5.56 Å². The second kappa shape index (κ2) is 9.64. The Morgan fingerprint density at radius 1 is 0.625 bits per heavy atom. The van der Waals surface area contributed by atoms with Crippen LogP contribution in [0.3, 0.4) is 0 Å². The summed E-state index contributed by atoms with van der Waals surface area (Å²) in [6.07, 6.45) is 0.896. The quantitative estimate of drug-likeness (QED) is 0.237. The summed E-state index contributed by atoms with van der Waals surface area (Å²) in [6.45, 7) is 2.10. The fraction of sp³-hybridized carbons (Fsp3) is 0.0541. The van der Waals surface area contributed by atoms with Crippen LogP contribution in [0.15, 0.2) is 133 Å². The van der Waals surface area contributed by atoms with Gasteiger partial charge in [-0.3, -0.25) is 4.79 Å². The van der Waals surface area contributed by atoms with Crippen molar-refractivity contribution in [3.63, 3.8) is 0 Å². The second-order valence-corrected chi connectivity index (χ2v) is 10.4. The van der Waals surface area contributed by atoms with Crippen molar-refractivity contribution in [2.75, 3.05) is 4.90 Å². The molecule has 40 heavy (non-hydrogen) atoms. The highest BCUT2D eigenvalue weighted by molar-refractivity contribution is 6.18. The number of carbonyl (C=O) groups excluding carboxylic acids is 1. The van der Waals surface area contributed by atoms with E-state index in [2.05, 4.69) is 90.7 Å². The third kappa shape index (κ3) is 4.17. The van der Waals surface area contributed by atoms with E-state index in [1.807, 2.05) is 54.6 Å². The van der Waals surface area contributed by atoms with Crippen LogP contribution in [0.5, 0.6) is 0 Å². The van der Waals surface area contributed by atoms with Crippen molar-refractivity contribution in [1.82, 2.24) is 0 Å². The Balaban J connectivity index is 1.25. The minimum Gasteiger partial charge on any atom is -0.383 e. The van der Waals surface area contributed by atoms with Gasteiger partial charge in [0.1, 0.15) is 6.10 Å². The molecular formula is C37H27NO2. The van der Waals surface area contributed by atoms with Gasteiger partial charge >= 0.3 is 0 Å². The molecule has 0 saturated heterocycles. The van der Waals surface area contributed by atoms with Crippen molar-refractivity contribution in [3.8, 4) is 0 Å². The summed E-state index contributed by atoms with van der Waals surface area (Å²) in [4.78, 5) is 15.5. The van der Waals surface area contributed by atoms with Crippen molar-refractivity contribution >= 4 is 50.5 Å². The molecule has 3 heteroatoms. The monoisotopic (exact) mass is 517 g/mol. The fourth-order valence-corrected chi connectivity index (χ4v) is 5.65. The second-order valence-electron chi connectivity index (χ2n) is 10.4. The molecule has 0 heterocycles. The maximum atomic E-state index is 13.3. The van der Waals surface area contributed by atoms with Crippen LogP contribution < -0.4 is 4.90 Å². The lowest BCUT2D eigenvalue weighted by Crippen LogP contribution is -2.09. The molecule has 1 unspecified atom stereocenters. The standard InChI is InChI=1S/C37H27NO2/c1-24-11-16-31(17-12-24)38(30-9-3-2-4-10-30)32-18-15-28-19-25(13-14-29(28)21-32)20-35-36(39)33-22-26-7-5-6-8-27(26)23-34(33)37(35)40/h2-23,36,39H,1H3. The number of Topliss-reactive ketones (excluding diaryl/α,β-unsaturated/α-hetero) is 1. The van der Waals surface area contributed by atoms with Crippen molar-refractivity contribution in [3.05, 3.63) is 155 Å². The molecule has 7 rings (SSSR count). The number of fused-ring (bicyclic) bond motifs is 3. The zero-order valence-corrected chi connectivity index (χ0v) is 22.1. The van der Waals surface area contributed by atoms with Crippen molar-refractivity contribution < 1.29 is 9.90 Å². The molecule has 1 N–H and O–H groups in total. The normalized spacial score (nSPS) is 15.6. The van der Waals surface area contributed by atoms with Crippen LogP contribution in [0.25, 0.3) is 27.6 Å². The minimum atomic E-state index is -0.931. The Bertz CT molecular complexity index is 1940. The number of nitrogens with zero attached hydrogens (tertiary/aromatic N) is 1. The van der Waals surface area contributed by atoms with Gasteiger partial charge in [-0.25, -0.2) is 0 Å². The van der Waals surface area contributed by atoms with Gasteiger partial charge < -0.3 is 10.0 Å². The predicted octanol–water partition coefficient (Wildman–Crippen LogP) is 9.08. The number of anilines is 3. The fourth-order valence-electron chi connectivity index (χ4n) is 5.65. The number of benzene rings is 6. The highest BCUT2D eigenvalue weighted by Crippen LogP contribution is 2.40. The van der Waals surface area contributed by atoms with Crippen LogP contribution >= 0.6 is 0 Å². The van der Waals surface area contributed by atoms with Crippen molar-refractivity contribution in [2.24, 2.45) is 0 Å². The summed E-state index contributed by atoms with van der Waals surface area (Å²) in [7, 11) is 0. The number of ketones is 1. The molecule has 1 atom stereocenters. The molecule has 1 aliphatic carbocycles. The highest BCUT2D eigenvalue weighted by atomic mass is 16.3. The molecule has 1 aliphatic rings. The molecule has 0 saturated carbocycles. The van der Waals surface area contributed by atoms with E-state index in [-0.39, 0.29) is 5.78 Å². The topological polar surface area (TPSA) is 40.5 Å². The zero-order chi connectivity index (χ0) is 27.2. The van der Waals surface area contributed by atoms with Gasteiger partial charge in [0.25, 0.3) is 0 Å². The Labute approximate surface area is 233 Å². The first kappa shape index (κ1) is 24.1. The van der Waals surface area contributed by atoms with E-state index in [0.29, 0.717) is 16.7 Å². The number of carbonyl (C=O) groups is 1. The SMILES string of the molecule is Cc1ccc(N(c2ccccc2)c2ccc3cc(C=C4C(=O)c5cc6ccccc6cc5C4O)ccc3c2)cc1. The summed E-state index contributed by atoms with van der Waals surface area (Å²) >= 11 is 0. The molecule has 0 amide bonds. The van der Waals surface area contributed by atoms with Gasteiger partial charge in [-0.05, 0) is 100 Å². The molecule has 6 aromatic rings. The van der Waals surface area contributed by atoms with Gasteiger partial charge in [-0.2, -0.15) is 0 Å². The summed E-state index contributed by atoms with van der Waals surface area (Å²) in [5.74, 6) is -0.111. The van der Waals surface area contributed by atoms with Crippen LogP contribution in [-0.2, 0) is 0 Å². The number of rotatable bonds is 4. The summed E-state index contributed by atoms with van der Waals surface area (Å²) in [5.41, 5.74) is 7.04. The van der Waals surface area contributed by atoms with E-state index in [9.17, 15) is 9.90 Å². The number of aliphatic hydroxyl groups excluding tert-OH is 1. The molecule has 0 radical (unpaired) electrons. The van der Waals surface area contributed by atoms with Gasteiger partial charge in [0, 0.05) is 28.2 Å². The summed E-state index contributed by atoms with van der Waals surface area (Å²) in [6, 6.07) is 43.3. The van der Waals surface area contributed by atoms with Gasteiger partial charge in [-0.1, -0.05) is 78.4 Å². The maximum absolute atomic E-state index is 13.3. The van der Waals surface area contributed by atoms with E-state index >= 15 is 0 Å². The highest BCUT2D eigenvalue weighted by Gasteiger charge is 2.33. The molecule has 0 aliphatic heterocycles. The van der Waals surface area contributed by atoms with Gasteiger partial charge in [-0.15, -0.1) is 0 Å². The van der Waals surface area contributed by atoms with E-state index in [0.717, 1.165) is 44.2 Å². The Morgan fingerprint density at radius 2 is 1.23 bits per heavy atom. The van der Waals surface area contributed by atoms with Crippen molar-refractivity contribution in [1.29, 1.82) is 0 Å². The number of hydrogen-bond acceptors (Lipinski definition) is 3. The number of aliphatic hydroxyl groups is 1. The van der Waals surface area contributed by atoms with Crippen LogP contribution in [0, 0.1) is 6.92 Å². The summed E-state index contributed by atoms with van der Waals surface area (Å²) in [5, 5.41) is 15.3. The Kier molecular flexibility index (Phi) is 5.80. The average molecular weight is 518 g/mol. The van der Waals surface area contributed by atoms with E-state index in [4.69, 9.17) is 0 Å². The van der Waals surface area contributed by atoms with Gasteiger partial charge in [0.05, 0.1) is 0 Å². The van der Waals surface area contributed by atoms with Crippen LogP contribution in [0.4, 0.5) is 17.1 Å². The lowest BCUT2D eigenvalue weighted by Gasteiger charge is -2.26. The Morgan fingerprint density at radius 3 is 2.00 bits per heavy atom.